The first-order valence-corrected chi connectivity index (χ1v) is 8.86. The van der Waals surface area contributed by atoms with Crippen LogP contribution in [0.1, 0.15) is 19.3 Å². The van der Waals surface area contributed by atoms with Crippen molar-refractivity contribution in [3.63, 3.8) is 0 Å². The molecule has 2 fully saturated rings. The Labute approximate surface area is 129 Å². The van der Waals surface area contributed by atoms with Gasteiger partial charge in [0.1, 0.15) is 0 Å². The highest BCUT2D eigenvalue weighted by Gasteiger charge is 2.45. The van der Waals surface area contributed by atoms with Gasteiger partial charge in [0.2, 0.25) is 0 Å². The summed E-state index contributed by atoms with van der Waals surface area (Å²) in [6, 6.07) is 4.55. The maximum Gasteiger partial charge on any atom is 0.183 e. The predicted molar refractivity (Wildman–Crippen MR) is 80.2 cm³/mol. The van der Waals surface area contributed by atoms with E-state index < -0.39 is 20.7 Å². The van der Waals surface area contributed by atoms with Gasteiger partial charge in [-0.1, -0.05) is 11.6 Å². The minimum atomic E-state index is -3.52. The quantitative estimate of drug-likeness (QED) is 0.839. The Hall–Kier alpha value is -0.820. The minimum absolute atomic E-state index is 0.121. The van der Waals surface area contributed by atoms with E-state index >= 15 is 0 Å². The van der Waals surface area contributed by atoms with Crippen LogP contribution >= 0.6 is 11.6 Å². The summed E-state index contributed by atoms with van der Waals surface area (Å²) in [5, 5.41) is -0.137. The zero-order valence-corrected chi connectivity index (χ0v) is 13.1. The second-order valence-electron chi connectivity index (χ2n) is 5.68. The first-order chi connectivity index (χ1) is 9.93. The molecule has 2 unspecified atom stereocenters. The third kappa shape index (κ3) is 2.77. The third-order valence-electron chi connectivity index (χ3n) is 4.24. The summed E-state index contributed by atoms with van der Waals surface area (Å²) in [6.07, 6.45) is 1.65. The molecule has 2 heterocycles. The Bertz CT molecular complexity index is 640. The molecular weight excluding hydrogens is 314 g/mol. The van der Waals surface area contributed by atoms with Gasteiger partial charge in [-0.2, -0.15) is 0 Å². The first kappa shape index (κ1) is 15.1. The van der Waals surface area contributed by atoms with Gasteiger partial charge in [0, 0.05) is 24.7 Å². The Morgan fingerprint density at radius 2 is 2.14 bits per heavy atom. The lowest BCUT2D eigenvalue weighted by molar-refractivity contribution is -0.0778. The molecule has 2 aliphatic rings. The number of anilines is 1. The van der Waals surface area contributed by atoms with Crippen molar-refractivity contribution in [3.05, 3.63) is 23.2 Å². The molecule has 0 aromatic heterocycles. The van der Waals surface area contributed by atoms with Crippen molar-refractivity contribution in [3.8, 4) is 0 Å². The van der Waals surface area contributed by atoms with E-state index in [2.05, 4.69) is 0 Å². The van der Waals surface area contributed by atoms with E-state index in [1.165, 1.54) is 12.1 Å². The van der Waals surface area contributed by atoms with E-state index in [4.69, 9.17) is 26.8 Å². The van der Waals surface area contributed by atoms with Crippen LogP contribution in [0.5, 0.6) is 0 Å². The Balaban J connectivity index is 1.92. The lowest BCUT2D eigenvalue weighted by atomic mass is 9.93. The number of ether oxygens (including phenoxy) is 2. The molecule has 7 heteroatoms. The fourth-order valence-corrected chi connectivity index (χ4v) is 5.26. The number of benzene rings is 1. The number of nitrogens with two attached hydrogens (primary N) is 1. The van der Waals surface area contributed by atoms with Crippen LogP contribution in [0.2, 0.25) is 5.02 Å². The number of rotatable bonds is 2. The second kappa shape index (κ2) is 5.43. The highest BCUT2D eigenvalue weighted by Crippen LogP contribution is 2.38. The molecule has 1 spiro atoms. The summed E-state index contributed by atoms with van der Waals surface area (Å²) in [7, 11) is -3.52. The summed E-state index contributed by atoms with van der Waals surface area (Å²) in [4.78, 5) is 0.121. The van der Waals surface area contributed by atoms with Crippen molar-refractivity contribution in [1.29, 1.82) is 0 Å². The smallest absolute Gasteiger partial charge is 0.183 e. The van der Waals surface area contributed by atoms with Gasteiger partial charge < -0.3 is 15.2 Å². The molecule has 3 rings (SSSR count). The van der Waals surface area contributed by atoms with Crippen molar-refractivity contribution in [1.82, 2.24) is 0 Å². The molecule has 5 nitrogen and oxygen atoms in total. The van der Waals surface area contributed by atoms with E-state index in [0.717, 1.165) is 6.42 Å². The summed E-state index contributed by atoms with van der Waals surface area (Å²) >= 11 is 5.92. The van der Waals surface area contributed by atoms with E-state index in [-0.39, 0.29) is 10.6 Å². The van der Waals surface area contributed by atoms with Crippen molar-refractivity contribution in [2.45, 2.75) is 35.0 Å². The number of halogens is 1. The summed E-state index contributed by atoms with van der Waals surface area (Å²) in [6.45, 7) is 1.50. The van der Waals surface area contributed by atoms with Crippen LogP contribution in [0.15, 0.2) is 23.1 Å². The van der Waals surface area contributed by atoms with Crippen molar-refractivity contribution in [2.75, 3.05) is 25.6 Å². The molecule has 0 saturated carbocycles. The Morgan fingerprint density at radius 3 is 2.86 bits per heavy atom. The van der Waals surface area contributed by atoms with Crippen LogP contribution in [-0.4, -0.2) is 39.1 Å². The molecule has 0 aliphatic carbocycles. The largest absolute Gasteiger partial charge is 0.398 e. The number of hydrogen-bond donors (Lipinski definition) is 1. The molecule has 116 valence electrons. The second-order valence-corrected chi connectivity index (χ2v) is 8.31. The summed E-state index contributed by atoms with van der Waals surface area (Å²) in [5.74, 6) is 0. The molecule has 2 N–H and O–H groups in total. The molecular formula is C14H18ClNO4S. The lowest BCUT2D eigenvalue weighted by Crippen LogP contribution is -2.45. The molecule has 1 aromatic rings. The first-order valence-electron chi connectivity index (χ1n) is 6.94. The Morgan fingerprint density at radius 1 is 1.33 bits per heavy atom. The zero-order chi connectivity index (χ0) is 15.1. The highest BCUT2D eigenvalue weighted by molar-refractivity contribution is 7.92. The number of sulfone groups is 1. The zero-order valence-electron chi connectivity index (χ0n) is 11.5. The standard InChI is InChI=1S/C14H18ClNO4S/c15-10-1-2-12(16)13(7-10)21(17,18)11-3-5-20-14(8-11)4-6-19-9-14/h1-2,7,11H,3-6,8-9,16H2. The predicted octanol–water partition coefficient (Wildman–Crippen LogP) is 2.03. The van der Waals surface area contributed by atoms with Crippen molar-refractivity contribution < 1.29 is 17.9 Å². The maximum atomic E-state index is 12.9. The van der Waals surface area contributed by atoms with Gasteiger partial charge in [-0.15, -0.1) is 0 Å². The van der Waals surface area contributed by atoms with Gasteiger partial charge >= 0.3 is 0 Å². The SMILES string of the molecule is Nc1ccc(Cl)cc1S(=O)(=O)C1CCOC2(CCOC2)C1. The van der Waals surface area contributed by atoms with Crippen LogP contribution in [0.4, 0.5) is 5.69 Å². The van der Waals surface area contributed by atoms with E-state index in [1.807, 2.05) is 0 Å². The fourth-order valence-electron chi connectivity index (χ4n) is 3.05. The van der Waals surface area contributed by atoms with Gasteiger partial charge in [-0.05, 0) is 31.0 Å². The Kier molecular flexibility index (Phi) is 3.90. The number of nitrogen functional groups attached to an aromatic ring is 1. The molecule has 2 aliphatic heterocycles. The van der Waals surface area contributed by atoms with Gasteiger partial charge in [0.15, 0.2) is 9.84 Å². The van der Waals surface area contributed by atoms with E-state index in [0.29, 0.717) is 37.7 Å². The van der Waals surface area contributed by atoms with Crippen LogP contribution in [0.3, 0.4) is 0 Å². The molecule has 0 bridgehead atoms. The normalized spacial score (nSPS) is 29.9. The van der Waals surface area contributed by atoms with E-state index in [1.54, 1.807) is 6.07 Å². The van der Waals surface area contributed by atoms with Crippen LogP contribution in [0, 0.1) is 0 Å². The van der Waals surface area contributed by atoms with Crippen LogP contribution < -0.4 is 5.73 Å². The molecule has 2 atom stereocenters. The third-order valence-corrected chi connectivity index (χ3v) is 6.72. The average Bonchev–Trinajstić information content (AvgIpc) is 2.89. The van der Waals surface area contributed by atoms with Crippen molar-refractivity contribution in [2.24, 2.45) is 0 Å². The average molecular weight is 332 g/mol. The maximum absolute atomic E-state index is 12.9. The van der Waals surface area contributed by atoms with Crippen molar-refractivity contribution >= 4 is 27.1 Å². The van der Waals surface area contributed by atoms with Gasteiger partial charge in [-0.3, -0.25) is 0 Å². The lowest BCUT2D eigenvalue weighted by Gasteiger charge is -2.36. The summed E-state index contributed by atoms with van der Waals surface area (Å²) < 4.78 is 36.9. The topological polar surface area (TPSA) is 78.6 Å². The van der Waals surface area contributed by atoms with Gasteiger partial charge in [0.25, 0.3) is 0 Å². The molecule has 1 aromatic carbocycles. The van der Waals surface area contributed by atoms with Gasteiger partial charge in [-0.25, -0.2) is 8.42 Å². The van der Waals surface area contributed by atoms with Crippen LogP contribution in [0.25, 0.3) is 0 Å². The number of hydrogen-bond acceptors (Lipinski definition) is 5. The fraction of sp³-hybridized carbons (Fsp3) is 0.571. The minimum Gasteiger partial charge on any atom is -0.398 e. The summed E-state index contributed by atoms with van der Waals surface area (Å²) in [5.41, 5.74) is 5.62. The monoisotopic (exact) mass is 331 g/mol. The van der Waals surface area contributed by atoms with E-state index in [9.17, 15) is 8.42 Å². The van der Waals surface area contributed by atoms with Gasteiger partial charge in [0.05, 0.1) is 28.0 Å². The molecule has 0 radical (unpaired) electrons. The van der Waals surface area contributed by atoms with Crippen LogP contribution in [-0.2, 0) is 19.3 Å². The molecule has 2 saturated heterocycles. The molecule has 21 heavy (non-hydrogen) atoms. The highest BCUT2D eigenvalue weighted by atomic mass is 35.5. The molecule has 0 amide bonds.